The Bertz CT molecular complexity index is 668. The number of halogens is 1. The summed E-state index contributed by atoms with van der Waals surface area (Å²) in [6, 6.07) is 6.59. The van der Waals surface area contributed by atoms with E-state index in [9.17, 15) is 9.18 Å². The Morgan fingerprint density at radius 3 is 3.09 bits per heavy atom. The second-order valence-corrected chi connectivity index (χ2v) is 6.42. The van der Waals surface area contributed by atoms with Gasteiger partial charge in [0.05, 0.1) is 11.8 Å². The lowest BCUT2D eigenvalue weighted by atomic mass is 10.2. The van der Waals surface area contributed by atoms with Crippen LogP contribution in [0.1, 0.15) is 25.0 Å². The standard InChI is InChI=1S/C17H19FN2O2S/c18-15-6-2-1-5-14(15)17-20-12(11-23-17)7-8-16(21)19-10-13-4-3-9-22-13/h1-2,5-6,11,13H,3-4,7-10H2,(H,19,21). The minimum Gasteiger partial charge on any atom is -0.376 e. The van der Waals surface area contributed by atoms with Crippen molar-refractivity contribution in [1.29, 1.82) is 0 Å². The summed E-state index contributed by atoms with van der Waals surface area (Å²) in [5.74, 6) is -0.274. The predicted molar refractivity (Wildman–Crippen MR) is 87.8 cm³/mol. The Labute approximate surface area is 138 Å². The third kappa shape index (κ3) is 4.36. The van der Waals surface area contributed by atoms with E-state index in [-0.39, 0.29) is 17.8 Å². The highest BCUT2D eigenvalue weighted by Crippen LogP contribution is 2.26. The quantitative estimate of drug-likeness (QED) is 0.883. The van der Waals surface area contributed by atoms with Crippen molar-refractivity contribution in [3.8, 4) is 10.6 Å². The first-order chi connectivity index (χ1) is 11.2. The fourth-order valence-electron chi connectivity index (χ4n) is 2.54. The number of aryl methyl sites for hydroxylation is 1. The number of carbonyl (C=O) groups is 1. The van der Waals surface area contributed by atoms with Gasteiger partial charge in [-0.2, -0.15) is 0 Å². The Balaban J connectivity index is 1.49. The van der Waals surface area contributed by atoms with E-state index < -0.39 is 0 Å². The maximum Gasteiger partial charge on any atom is 0.220 e. The Morgan fingerprint density at radius 2 is 2.30 bits per heavy atom. The highest BCUT2D eigenvalue weighted by atomic mass is 32.1. The minimum atomic E-state index is -0.275. The summed E-state index contributed by atoms with van der Waals surface area (Å²) in [7, 11) is 0. The van der Waals surface area contributed by atoms with Crippen LogP contribution in [0.4, 0.5) is 4.39 Å². The number of benzene rings is 1. The average Bonchev–Trinajstić information content (AvgIpc) is 3.23. The maximum atomic E-state index is 13.7. The van der Waals surface area contributed by atoms with Crippen LogP contribution in [0.5, 0.6) is 0 Å². The fraction of sp³-hybridized carbons (Fsp3) is 0.412. The van der Waals surface area contributed by atoms with Crippen molar-refractivity contribution in [2.75, 3.05) is 13.2 Å². The molecule has 4 nitrogen and oxygen atoms in total. The van der Waals surface area contributed by atoms with E-state index in [1.807, 2.05) is 5.38 Å². The van der Waals surface area contributed by atoms with Gasteiger partial charge in [0.2, 0.25) is 5.91 Å². The first-order valence-corrected chi connectivity index (χ1v) is 8.68. The topological polar surface area (TPSA) is 51.2 Å². The summed E-state index contributed by atoms with van der Waals surface area (Å²) in [5.41, 5.74) is 1.33. The number of ether oxygens (including phenoxy) is 1. The zero-order valence-electron chi connectivity index (χ0n) is 12.8. The third-order valence-corrected chi connectivity index (χ3v) is 4.74. The smallest absolute Gasteiger partial charge is 0.220 e. The second kappa shape index (κ2) is 7.66. The van der Waals surface area contributed by atoms with Crippen LogP contribution in [0.3, 0.4) is 0 Å². The van der Waals surface area contributed by atoms with Crippen molar-refractivity contribution in [1.82, 2.24) is 10.3 Å². The molecular formula is C17H19FN2O2S. The van der Waals surface area contributed by atoms with E-state index in [0.717, 1.165) is 25.1 Å². The number of nitrogens with zero attached hydrogens (tertiary/aromatic N) is 1. The number of aromatic nitrogens is 1. The molecule has 122 valence electrons. The summed E-state index contributed by atoms with van der Waals surface area (Å²) in [4.78, 5) is 16.3. The van der Waals surface area contributed by atoms with Crippen LogP contribution in [0.25, 0.3) is 10.6 Å². The molecule has 3 rings (SSSR count). The fourth-order valence-corrected chi connectivity index (χ4v) is 3.42. The van der Waals surface area contributed by atoms with Crippen molar-refractivity contribution in [3.63, 3.8) is 0 Å². The van der Waals surface area contributed by atoms with E-state index in [4.69, 9.17) is 4.74 Å². The molecule has 0 bridgehead atoms. The highest BCUT2D eigenvalue weighted by molar-refractivity contribution is 7.13. The summed E-state index contributed by atoms with van der Waals surface area (Å²) < 4.78 is 19.2. The number of carbonyl (C=O) groups excluding carboxylic acids is 1. The van der Waals surface area contributed by atoms with Gasteiger partial charge in [-0.05, 0) is 31.4 Å². The zero-order chi connectivity index (χ0) is 16.1. The molecule has 0 spiro atoms. The van der Waals surface area contributed by atoms with Crippen LogP contribution in [0.2, 0.25) is 0 Å². The lowest BCUT2D eigenvalue weighted by Crippen LogP contribution is -2.31. The van der Waals surface area contributed by atoms with Gasteiger partial charge in [0.1, 0.15) is 10.8 Å². The molecule has 0 saturated carbocycles. The molecule has 1 aliphatic heterocycles. The Morgan fingerprint density at radius 1 is 1.43 bits per heavy atom. The lowest BCUT2D eigenvalue weighted by molar-refractivity contribution is -0.121. The van der Waals surface area contributed by atoms with E-state index >= 15 is 0 Å². The molecule has 1 N–H and O–H groups in total. The number of hydrogen-bond acceptors (Lipinski definition) is 4. The van der Waals surface area contributed by atoms with Crippen molar-refractivity contribution in [2.45, 2.75) is 31.8 Å². The van der Waals surface area contributed by atoms with E-state index in [1.54, 1.807) is 18.2 Å². The van der Waals surface area contributed by atoms with Crippen molar-refractivity contribution < 1.29 is 13.9 Å². The van der Waals surface area contributed by atoms with Gasteiger partial charge in [0.25, 0.3) is 0 Å². The molecule has 1 atom stereocenters. The zero-order valence-corrected chi connectivity index (χ0v) is 13.6. The largest absolute Gasteiger partial charge is 0.376 e. The van der Waals surface area contributed by atoms with Gasteiger partial charge >= 0.3 is 0 Å². The minimum absolute atomic E-state index is 0.000872. The molecule has 0 radical (unpaired) electrons. The molecular weight excluding hydrogens is 315 g/mol. The van der Waals surface area contributed by atoms with Crippen LogP contribution in [-0.2, 0) is 16.0 Å². The number of nitrogens with one attached hydrogen (secondary N) is 1. The van der Waals surface area contributed by atoms with E-state index in [2.05, 4.69) is 10.3 Å². The molecule has 1 saturated heterocycles. The number of amides is 1. The Kier molecular flexibility index (Phi) is 5.35. The molecule has 2 aromatic rings. The molecule has 0 aliphatic carbocycles. The predicted octanol–water partition coefficient (Wildman–Crippen LogP) is 3.18. The van der Waals surface area contributed by atoms with Gasteiger partial charge in [-0.1, -0.05) is 12.1 Å². The van der Waals surface area contributed by atoms with E-state index in [1.165, 1.54) is 17.4 Å². The van der Waals surface area contributed by atoms with Crippen LogP contribution in [0, 0.1) is 5.82 Å². The summed E-state index contributed by atoms with van der Waals surface area (Å²) in [6.07, 6.45) is 3.18. The van der Waals surface area contributed by atoms with Gasteiger partial charge < -0.3 is 10.1 Å². The number of rotatable bonds is 6. The summed E-state index contributed by atoms with van der Waals surface area (Å²) >= 11 is 1.40. The van der Waals surface area contributed by atoms with Crippen LogP contribution in [-0.4, -0.2) is 30.1 Å². The van der Waals surface area contributed by atoms with Crippen LogP contribution in [0.15, 0.2) is 29.6 Å². The SMILES string of the molecule is O=C(CCc1csc(-c2ccccc2F)n1)NCC1CCCO1. The van der Waals surface area contributed by atoms with Gasteiger partial charge in [-0.3, -0.25) is 4.79 Å². The lowest BCUT2D eigenvalue weighted by Gasteiger charge is -2.10. The normalized spacial score (nSPS) is 17.3. The third-order valence-electron chi connectivity index (χ3n) is 3.82. The van der Waals surface area contributed by atoms with Crippen molar-refractivity contribution in [3.05, 3.63) is 41.2 Å². The molecule has 1 aromatic carbocycles. The van der Waals surface area contributed by atoms with Crippen LogP contribution < -0.4 is 5.32 Å². The molecule has 6 heteroatoms. The van der Waals surface area contributed by atoms with Crippen molar-refractivity contribution >= 4 is 17.2 Å². The molecule has 1 amide bonds. The Hall–Kier alpha value is -1.79. The summed E-state index contributed by atoms with van der Waals surface area (Å²) in [6.45, 7) is 1.37. The van der Waals surface area contributed by atoms with Gasteiger partial charge in [0.15, 0.2) is 0 Å². The van der Waals surface area contributed by atoms with Gasteiger partial charge in [-0.25, -0.2) is 9.37 Å². The number of thiazole rings is 1. The maximum absolute atomic E-state index is 13.7. The molecule has 1 aliphatic rings. The van der Waals surface area contributed by atoms with E-state index in [0.29, 0.717) is 30.0 Å². The molecule has 1 fully saturated rings. The summed E-state index contributed by atoms with van der Waals surface area (Å²) in [5, 5.41) is 5.43. The molecule has 1 unspecified atom stereocenters. The molecule has 2 heterocycles. The van der Waals surface area contributed by atoms with Gasteiger partial charge in [-0.15, -0.1) is 11.3 Å². The van der Waals surface area contributed by atoms with Crippen molar-refractivity contribution in [2.24, 2.45) is 0 Å². The van der Waals surface area contributed by atoms with Gasteiger partial charge in [0, 0.05) is 30.5 Å². The monoisotopic (exact) mass is 334 g/mol. The average molecular weight is 334 g/mol. The van der Waals surface area contributed by atoms with Crippen LogP contribution >= 0.6 is 11.3 Å². The highest BCUT2D eigenvalue weighted by Gasteiger charge is 2.16. The molecule has 23 heavy (non-hydrogen) atoms. The number of hydrogen-bond donors (Lipinski definition) is 1. The first kappa shape index (κ1) is 16.1. The second-order valence-electron chi connectivity index (χ2n) is 5.56. The molecule has 1 aromatic heterocycles. The first-order valence-electron chi connectivity index (χ1n) is 7.80.